The normalized spacial score (nSPS) is 10.5. The molecule has 0 bridgehead atoms. The second kappa shape index (κ2) is 6.91. The van der Waals surface area contributed by atoms with Gasteiger partial charge >= 0.3 is 5.97 Å². The Kier molecular flexibility index (Phi) is 4.95. The van der Waals surface area contributed by atoms with Crippen LogP contribution in [-0.2, 0) is 13.2 Å². The Morgan fingerprint density at radius 1 is 1.32 bits per heavy atom. The summed E-state index contributed by atoms with van der Waals surface area (Å²) in [4.78, 5) is 17.1. The highest BCUT2D eigenvalue weighted by molar-refractivity contribution is 5.85. The molecule has 22 heavy (non-hydrogen) atoms. The van der Waals surface area contributed by atoms with Crippen LogP contribution in [0.4, 0.5) is 5.82 Å². The van der Waals surface area contributed by atoms with Gasteiger partial charge in [-0.3, -0.25) is 0 Å². The van der Waals surface area contributed by atoms with Crippen LogP contribution in [0.1, 0.15) is 28.9 Å². The van der Waals surface area contributed by atoms with E-state index in [1.165, 1.54) is 6.07 Å². The third-order valence-electron chi connectivity index (χ3n) is 2.96. The second-order valence-corrected chi connectivity index (χ2v) is 5.03. The van der Waals surface area contributed by atoms with Crippen LogP contribution in [0.5, 0.6) is 0 Å². The Balaban J connectivity index is 2.27. The maximum atomic E-state index is 11.1. The molecule has 116 valence electrons. The summed E-state index contributed by atoms with van der Waals surface area (Å²) in [5, 5.41) is 18.1. The Labute approximate surface area is 128 Å². The van der Waals surface area contributed by atoms with Gasteiger partial charge in [-0.15, -0.1) is 0 Å². The van der Waals surface area contributed by atoms with E-state index in [4.69, 9.17) is 14.6 Å². The zero-order valence-corrected chi connectivity index (χ0v) is 12.3. The molecule has 2 N–H and O–H groups in total. The van der Waals surface area contributed by atoms with Gasteiger partial charge in [0.2, 0.25) is 0 Å². The van der Waals surface area contributed by atoms with Crippen LogP contribution in [0.2, 0.25) is 0 Å². The molecule has 0 aromatic carbocycles. The monoisotopic (exact) mass is 302 g/mol. The second-order valence-electron chi connectivity index (χ2n) is 5.03. The Bertz CT molecular complexity index is 678. The first-order valence-corrected chi connectivity index (χ1v) is 6.77. The van der Waals surface area contributed by atoms with Gasteiger partial charge in [0.15, 0.2) is 5.69 Å². The van der Waals surface area contributed by atoms with E-state index in [-0.39, 0.29) is 12.3 Å². The molecule has 0 saturated heterocycles. The molecule has 2 heterocycles. The van der Waals surface area contributed by atoms with Crippen molar-refractivity contribution in [1.29, 1.82) is 0 Å². The summed E-state index contributed by atoms with van der Waals surface area (Å²) in [5.41, 5.74) is 0.899. The van der Waals surface area contributed by atoms with Crippen molar-refractivity contribution in [2.75, 3.05) is 11.4 Å². The summed E-state index contributed by atoms with van der Waals surface area (Å²) < 4.78 is 5.48. The molecule has 6 nitrogen and oxygen atoms in total. The lowest BCUT2D eigenvalue weighted by Crippen LogP contribution is -2.25. The van der Waals surface area contributed by atoms with E-state index >= 15 is 0 Å². The lowest BCUT2D eigenvalue weighted by molar-refractivity contribution is 0.0690. The smallest absolute Gasteiger partial charge is 0.354 e. The zero-order valence-electron chi connectivity index (χ0n) is 12.3. The Morgan fingerprint density at radius 2 is 2.05 bits per heavy atom. The third kappa shape index (κ3) is 3.95. The minimum Gasteiger partial charge on any atom is -0.477 e. The molecule has 2 rings (SSSR count). The molecule has 0 atom stereocenters. The van der Waals surface area contributed by atoms with Crippen LogP contribution in [0.25, 0.3) is 0 Å². The van der Waals surface area contributed by atoms with E-state index < -0.39 is 5.97 Å². The lowest BCUT2D eigenvalue weighted by Gasteiger charge is -2.23. The maximum absolute atomic E-state index is 11.1. The minimum atomic E-state index is -1.07. The molecule has 6 heteroatoms. The summed E-state index contributed by atoms with van der Waals surface area (Å²) >= 11 is 0. The van der Waals surface area contributed by atoms with Crippen molar-refractivity contribution in [3.8, 4) is 0 Å². The number of furan rings is 1. The standard InChI is InChI=1S/C16H18N2O4/c1-11(2)8-18(9-12-6-7-13(10-19)22-12)15-5-3-4-14(17-15)16(20)21/h3-7,19H,1,8-10H2,2H3,(H,20,21). The van der Waals surface area contributed by atoms with Crippen molar-refractivity contribution >= 4 is 11.8 Å². The summed E-state index contributed by atoms with van der Waals surface area (Å²) in [6.07, 6.45) is 0. The summed E-state index contributed by atoms with van der Waals surface area (Å²) in [6.45, 7) is 6.53. The van der Waals surface area contributed by atoms with Gasteiger partial charge in [-0.05, 0) is 31.2 Å². The van der Waals surface area contributed by atoms with E-state index in [1.807, 2.05) is 11.8 Å². The number of hydrogen-bond acceptors (Lipinski definition) is 5. The van der Waals surface area contributed by atoms with Crippen LogP contribution >= 0.6 is 0 Å². The van der Waals surface area contributed by atoms with Crippen LogP contribution in [-0.4, -0.2) is 27.7 Å². The highest BCUT2D eigenvalue weighted by Gasteiger charge is 2.14. The van der Waals surface area contributed by atoms with Crippen molar-refractivity contribution < 1.29 is 19.4 Å². The third-order valence-corrected chi connectivity index (χ3v) is 2.96. The molecule has 2 aromatic heterocycles. The fourth-order valence-corrected chi connectivity index (χ4v) is 2.04. The average Bonchev–Trinajstić information content (AvgIpc) is 2.94. The summed E-state index contributed by atoms with van der Waals surface area (Å²) in [7, 11) is 0. The number of nitrogens with zero attached hydrogens (tertiary/aromatic N) is 2. The van der Waals surface area contributed by atoms with Crippen LogP contribution < -0.4 is 4.90 Å². The van der Waals surface area contributed by atoms with Gasteiger partial charge in [0, 0.05) is 6.54 Å². The van der Waals surface area contributed by atoms with E-state index in [1.54, 1.807) is 24.3 Å². The van der Waals surface area contributed by atoms with Crippen molar-refractivity contribution in [1.82, 2.24) is 4.98 Å². The van der Waals surface area contributed by atoms with Gasteiger partial charge in [0.1, 0.15) is 23.9 Å². The molecular formula is C16H18N2O4. The maximum Gasteiger partial charge on any atom is 0.354 e. The molecule has 0 spiro atoms. The molecule has 2 aromatic rings. The van der Waals surface area contributed by atoms with Crippen LogP contribution in [0.15, 0.2) is 46.9 Å². The zero-order chi connectivity index (χ0) is 16.1. The number of pyridine rings is 1. The quantitative estimate of drug-likeness (QED) is 0.764. The SMILES string of the molecule is C=C(C)CN(Cc1ccc(CO)o1)c1cccc(C(=O)O)n1. The molecule has 0 aliphatic rings. The fraction of sp³-hybridized carbons (Fsp3) is 0.250. The molecule has 0 aliphatic heterocycles. The number of aromatic nitrogens is 1. The molecule has 0 unspecified atom stereocenters. The summed E-state index contributed by atoms with van der Waals surface area (Å²) in [6, 6.07) is 8.32. The predicted molar refractivity (Wildman–Crippen MR) is 81.7 cm³/mol. The fourth-order valence-electron chi connectivity index (χ4n) is 2.04. The number of carbonyl (C=O) groups is 1. The largest absolute Gasteiger partial charge is 0.477 e. The predicted octanol–water partition coefficient (Wildman–Crippen LogP) is 2.45. The lowest BCUT2D eigenvalue weighted by atomic mass is 10.2. The number of aliphatic hydroxyl groups excluding tert-OH is 1. The van der Waals surface area contributed by atoms with Gasteiger partial charge in [0.25, 0.3) is 0 Å². The molecule has 0 amide bonds. The highest BCUT2D eigenvalue weighted by Crippen LogP contribution is 2.18. The number of aromatic carboxylic acids is 1. The van der Waals surface area contributed by atoms with Gasteiger partial charge < -0.3 is 19.5 Å². The first kappa shape index (κ1) is 15.8. The van der Waals surface area contributed by atoms with Crippen LogP contribution in [0.3, 0.4) is 0 Å². The number of hydrogen-bond donors (Lipinski definition) is 2. The molecule has 0 saturated carbocycles. The Morgan fingerprint density at radius 3 is 2.64 bits per heavy atom. The van der Waals surface area contributed by atoms with E-state index in [9.17, 15) is 4.79 Å². The van der Waals surface area contributed by atoms with Crippen molar-refractivity contribution in [2.24, 2.45) is 0 Å². The minimum absolute atomic E-state index is 0.0142. The van der Waals surface area contributed by atoms with Gasteiger partial charge in [-0.25, -0.2) is 9.78 Å². The molecule has 0 radical (unpaired) electrons. The number of carboxylic acids is 1. The van der Waals surface area contributed by atoms with Gasteiger partial charge in [-0.1, -0.05) is 18.2 Å². The van der Waals surface area contributed by atoms with E-state index in [0.717, 1.165) is 5.57 Å². The topological polar surface area (TPSA) is 86.8 Å². The van der Waals surface area contributed by atoms with Crippen molar-refractivity contribution in [3.63, 3.8) is 0 Å². The van der Waals surface area contributed by atoms with Crippen LogP contribution in [0, 0.1) is 0 Å². The van der Waals surface area contributed by atoms with Crippen molar-refractivity contribution in [2.45, 2.75) is 20.1 Å². The first-order chi connectivity index (χ1) is 10.5. The van der Waals surface area contributed by atoms with Crippen molar-refractivity contribution in [3.05, 3.63) is 59.7 Å². The molecular weight excluding hydrogens is 284 g/mol. The average molecular weight is 302 g/mol. The number of rotatable bonds is 7. The summed E-state index contributed by atoms with van der Waals surface area (Å²) in [5.74, 6) is 0.605. The highest BCUT2D eigenvalue weighted by atomic mass is 16.4. The number of anilines is 1. The molecule has 0 aliphatic carbocycles. The van der Waals surface area contributed by atoms with E-state index in [0.29, 0.717) is 30.4 Å². The molecule has 0 fully saturated rings. The van der Waals surface area contributed by atoms with Gasteiger partial charge in [-0.2, -0.15) is 0 Å². The first-order valence-electron chi connectivity index (χ1n) is 6.77. The number of aliphatic hydroxyl groups is 1. The Hall–Kier alpha value is -2.60. The van der Waals surface area contributed by atoms with Gasteiger partial charge in [0.05, 0.1) is 6.54 Å². The van der Waals surface area contributed by atoms with E-state index in [2.05, 4.69) is 11.6 Å². The number of carboxylic acid groups (broad SMARTS) is 1.